The van der Waals surface area contributed by atoms with Crippen molar-refractivity contribution in [1.29, 1.82) is 0 Å². The Morgan fingerprint density at radius 1 is 1.26 bits per heavy atom. The lowest BCUT2D eigenvalue weighted by molar-refractivity contribution is 0.101. The fourth-order valence-electron chi connectivity index (χ4n) is 2.30. The fraction of sp³-hybridized carbons (Fsp3) is 0.533. The molecule has 4 nitrogen and oxygen atoms in total. The maximum atomic E-state index is 11.3. The van der Waals surface area contributed by atoms with E-state index in [2.05, 4.69) is 4.90 Å². The zero-order valence-corrected chi connectivity index (χ0v) is 11.6. The van der Waals surface area contributed by atoms with Crippen LogP contribution in [-0.2, 0) is 0 Å². The van der Waals surface area contributed by atoms with Crippen molar-refractivity contribution in [3.63, 3.8) is 0 Å². The molecule has 104 valence electrons. The molecule has 0 aromatic heterocycles. The van der Waals surface area contributed by atoms with Gasteiger partial charge in [0.05, 0.1) is 7.11 Å². The number of carbonyl (C=O) groups is 1. The minimum absolute atomic E-state index is 0.0296. The average molecular weight is 263 g/mol. The van der Waals surface area contributed by atoms with Crippen molar-refractivity contribution >= 4 is 5.78 Å². The summed E-state index contributed by atoms with van der Waals surface area (Å²) in [5.74, 6) is 1.35. The number of carbonyl (C=O) groups excluding carboxylic acids is 1. The number of methoxy groups -OCH3 is 1. The molecule has 1 aromatic carbocycles. The molecule has 1 aliphatic rings. The first-order valence-electron chi connectivity index (χ1n) is 6.75. The van der Waals surface area contributed by atoms with Gasteiger partial charge in [-0.05, 0) is 51.1 Å². The molecule has 1 fully saturated rings. The first kappa shape index (κ1) is 13.9. The maximum absolute atomic E-state index is 11.3. The Hall–Kier alpha value is -1.55. The van der Waals surface area contributed by atoms with E-state index in [-0.39, 0.29) is 5.78 Å². The summed E-state index contributed by atoms with van der Waals surface area (Å²) < 4.78 is 11.0. The van der Waals surface area contributed by atoms with E-state index < -0.39 is 0 Å². The van der Waals surface area contributed by atoms with Gasteiger partial charge in [-0.25, -0.2) is 0 Å². The molecule has 0 N–H and O–H groups in total. The van der Waals surface area contributed by atoms with Gasteiger partial charge in [0, 0.05) is 12.1 Å². The number of hydrogen-bond acceptors (Lipinski definition) is 4. The normalized spacial score (nSPS) is 15.5. The van der Waals surface area contributed by atoms with Gasteiger partial charge >= 0.3 is 0 Å². The summed E-state index contributed by atoms with van der Waals surface area (Å²) in [4.78, 5) is 13.7. The van der Waals surface area contributed by atoms with Gasteiger partial charge in [-0.2, -0.15) is 0 Å². The molecule has 1 heterocycles. The largest absolute Gasteiger partial charge is 0.493 e. The molecule has 0 unspecified atom stereocenters. The summed E-state index contributed by atoms with van der Waals surface area (Å²) >= 11 is 0. The summed E-state index contributed by atoms with van der Waals surface area (Å²) in [5, 5.41) is 0. The van der Waals surface area contributed by atoms with E-state index in [4.69, 9.17) is 9.47 Å². The third-order valence-corrected chi connectivity index (χ3v) is 3.43. The first-order valence-corrected chi connectivity index (χ1v) is 6.75. The van der Waals surface area contributed by atoms with Crippen molar-refractivity contribution in [2.75, 3.05) is 33.4 Å². The van der Waals surface area contributed by atoms with Gasteiger partial charge in [0.2, 0.25) is 0 Å². The molecule has 0 saturated carbocycles. The van der Waals surface area contributed by atoms with Gasteiger partial charge in [-0.3, -0.25) is 9.69 Å². The number of ether oxygens (including phenoxy) is 2. The number of rotatable bonds is 6. The Balaban J connectivity index is 1.93. The van der Waals surface area contributed by atoms with Crippen LogP contribution in [0.5, 0.6) is 11.5 Å². The molecule has 0 atom stereocenters. The van der Waals surface area contributed by atoms with Gasteiger partial charge in [0.1, 0.15) is 6.61 Å². The zero-order valence-electron chi connectivity index (χ0n) is 11.6. The van der Waals surface area contributed by atoms with Crippen molar-refractivity contribution in [3.05, 3.63) is 23.8 Å². The first-order chi connectivity index (χ1) is 9.20. The Morgan fingerprint density at radius 3 is 2.63 bits per heavy atom. The average Bonchev–Trinajstić information content (AvgIpc) is 2.92. The highest BCUT2D eigenvalue weighted by atomic mass is 16.5. The Morgan fingerprint density at radius 2 is 2.00 bits per heavy atom. The van der Waals surface area contributed by atoms with E-state index in [1.807, 2.05) is 0 Å². The second-order valence-corrected chi connectivity index (χ2v) is 4.82. The van der Waals surface area contributed by atoms with Gasteiger partial charge in [-0.15, -0.1) is 0 Å². The second kappa shape index (κ2) is 6.57. The molecule has 0 amide bonds. The van der Waals surface area contributed by atoms with Gasteiger partial charge in [0.25, 0.3) is 0 Å². The molecule has 4 heteroatoms. The lowest BCUT2D eigenvalue weighted by Gasteiger charge is -2.16. The topological polar surface area (TPSA) is 38.8 Å². The van der Waals surface area contributed by atoms with Crippen molar-refractivity contribution in [2.45, 2.75) is 19.8 Å². The van der Waals surface area contributed by atoms with Crippen LogP contribution in [0.3, 0.4) is 0 Å². The molecule has 1 saturated heterocycles. The number of likely N-dealkylation sites (tertiary alicyclic amines) is 1. The number of hydrogen-bond donors (Lipinski definition) is 0. The SMILES string of the molecule is COc1cc(C(C)=O)ccc1OCCN1CCCC1. The molecular formula is C15H21NO3. The summed E-state index contributed by atoms with van der Waals surface area (Å²) in [5.41, 5.74) is 0.642. The van der Waals surface area contributed by atoms with Crippen molar-refractivity contribution in [1.82, 2.24) is 4.90 Å². The molecule has 0 bridgehead atoms. The summed E-state index contributed by atoms with van der Waals surface area (Å²) in [7, 11) is 1.59. The quantitative estimate of drug-likeness (QED) is 0.739. The third-order valence-electron chi connectivity index (χ3n) is 3.43. The van der Waals surface area contributed by atoms with E-state index in [0.717, 1.165) is 6.54 Å². The predicted octanol–water partition coefficient (Wildman–Crippen LogP) is 2.37. The van der Waals surface area contributed by atoms with Gasteiger partial charge in [-0.1, -0.05) is 0 Å². The highest BCUT2D eigenvalue weighted by Gasteiger charge is 2.12. The van der Waals surface area contributed by atoms with E-state index in [9.17, 15) is 4.79 Å². The molecule has 0 radical (unpaired) electrons. The van der Waals surface area contributed by atoms with E-state index >= 15 is 0 Å². The Labute approximate surface area is 114 Å². The number of benzene rings is 1. The minimum Gasteiger partial charge on any atom is -0.493 e. The second-order valence-electron chi connectivity index (χ2n) is 4.82. The van der Waals surface area contributed by atoms with Crippen LogP contribution < -0.4 is 9.47 Å². The summed E-state index contributed by atoms with van der Waals surface area (Å²) in [6.07, 6.45) is 2.58. The van der Waals surface area contributed by atoms with Gasteiger partial charge < -0.3 is 9.47 Å². The highest BCUT2D eigenvalue weighted by Crippen LogP contribution is 2.28. The van der Waals surface area contributed by atoms with E-state index in [0.29, 0.717) is 23.7 Å². The summed E-state index contributed by atoms with van der Waals surface area (Å²) in [6.45, 7) is 5.48. The van der Waals surface area contributed by atoms with Crippen LogP contribution in [0.15, 0.2) is 18.2 Å². The van der Waals surface area contributed by atoms with E-state index in [1.165, 1.54) is 25.9 Å². The van der Waals surface area contributed by atoms with Crippen molar-refractivity contribution in [3.8, 4) is 11.5 Å². The summed E-state index contributed by atoms with van der Waals surface area (Å²) in [6, 6.07) is 5.31. The van der Waals surface area contributed by atoms with Crippen LogP contribution in [0, 0.1) is 0 Å². The van der Waals surface area contributed by atoms with Crippen LogP contribution >= 0.6 is 0 Å². The molecule has 0 spiro atoms. The molecule has 19 heavy (non-hydrogen) atoms. The van der Waals surface area contributed by atoms with Crippen LogP contribution in [0.1, 0.15) is 30.1 Å². The van der Waals surface area contributed by atoms with Crippen LogP contribution in [0.2, 0.25) is 0 Å². The Kier molecular flexibility index (Phi) is 4.80. The lowest BCUT2D eigenvalue weighted by Crippen LogP contribution is -2.25. The number of ketones is 1. The van der Waals surface area contributed by atoms with E-state index in [1.54, 1.807) is 32.2 Å². The number of Topliss-reactive ketones (excluding diaryl/α,β-unsaturated/α-hetero) is 1. The molecule has 2 rings (SSSR count). The standard InChI is InChI=1S/C15H21NO3/c1-12(17)13-5-6-14(15(11-13)18-2)19-10-9-16-7-3-4-8-16/h5-6,11H,3-4,7-10H2,1-2H3. The van der Waals surface area contributed by atoms with Crippen LogP contribution in [0.25, 0.3) is 0 Å². The smallest absolute Gasteiger partial charge is 0.161 e. The van der Waals surface area contributed by atoms with Crippen LogP contribution in [0.4, 0.5) is 0 Å². The maximum Gasteiger partial charge on any atom is 0.161 e. The molecule has 1 aromatic rings. The molecular weight excluding hydrogens is 242 g/mol. The van der Waals surface area contributed by atoms with Gasteiger partial charge in [0.15, 0.2) is 17.3 Å². The third kappa shape index (κ3) is 3.70. The van der Waals surface area contributed by atoms with Crippen molar-refractivity contribution in [2.24, 2.45) is 0 Å². The zero-order chi connectivity index (χ0) is 13.7. The van der Waals surface area contributed by atoms with Crippen LogP contribution in [-0.4, -0.2) is 44.0 Å². The number of nitrogens with zero attached hydrogens (tertiary/aromatic N) is 1. The lowest BCUT2D eigenvalue weighted by atomic mass is 10.1. The highest BCUT2D eigenvalue weighted by molar-refractivity contribution is 5.94. The monoisotopic (exact) mass is 263 g/mol. The Bertz CT molecular complexity index is 439. The fourth-order valence-corrected chi connectivity index (χ4v) is 2.30. The molecule has 0 aliphatic carbocycles. The van der Waals surface area contributed by atoms with Crippen molar-refractivity contribution < 1.29 is 14.3 Å². The minimum atomic E-state index is 0.0296. The molecule has 1 aliphatic heterocycles. The predicted molar refractivity (Wildman–Crippen MR) is 74.2 cm³/mol.